The van der Waals surface area contributed by atoms with Gasteiger partial charge in [0.1, 0.15) is 11.5 Å². The summed E-state index contributed by atoms with van der Waals surface area (Å²) in [5, 5.41) is 2.97. The predicted octanol–water partition coefficient (Wildman–Crippen LogP) is 4.19. The van der Waals surface area contributed by atoms with Crippen molar-refractivity contribution < 1.29 is 14.3 Å². The van der Waals surface area contributed by atoms with Crippen LogP contribution in [0.25, 0.3) is 0 Å². The summed E-state index contributed by atoms with van der Waals surface area (Å²) in [6.45, 7) is 9.98. The van der Waals surface area contributed by atoms with E-state index in [1.807, 2.05) is 52.8 Å². The van der Waals surface area contributed by atoms with E-state index >= 15 is 0 Å². The molecule has 0 fully saturated rings. The first-order valence-electron chi connectivity index (χ1n) is 8.46. The maximum Gasteiger partial charge on any atom is 0.258 e. The molecule has 134 valence electrons. The van der Waals surface area contributed by atoms with Crippen LogP contribution in [0, 0.1) is 27.7 Å². The van der Waals surface area contributed by atoms with Gasteiger partial charge in [0.25, 0.3) is 5.91 Å². The van der Waals surface area contributed by atoms with Crippen LogP contribution >= 0.6 is 0 Å². The zero-order valence-electron chi connectivity index (χ0n) is 15.9. The van der Waals surface area contributed by atoms with E-state index in [-0.39, 0.29) is 18.6 Å². The number of rotatable bonds is 6. The number of methoxy groups -OCH3 is 1. The first-order valence-corrected chi connectivity index (χ1v) is 8.46. The average Bonchev–Trinajstić information content (AvgIpc) is 2.53. The zero-order valence-corrected chi connectivity index (χ0v) is 15.9. The van der Waals surface area contributed by atoms with Crippen molar-refractivity contribution in [3.63, 3.8) is 0 Å². The Morgan fingerprint density at radius 2 is 1.68 bits per heavy atom. The van der Waals surface area contributed by atoms with Crippen LogP contribution in [0.15, 0.2) is 30.3 Å². The summed E-state index contributed by atoms with van der Waals surface area (Å²) >= 11 is 0. The van der Waals surface area contributed by atoms with Gasteiger partial charge in [-0.15, -0.1) is 0 Å². The maximum absolute atomic E-state index is 12.3. The van der Waals surface area contributed by atoms with Gasteiger partial charge in [0.05, 0.1) is 13.2 Å². The highest BCUT2D eigenvalue weighted by molar-refractivity contribution is 5.78. The van der Waals surface area contributed by atoms with E-state index in [2.05, 4.69) is 17.4 Å². The van der Waals surface area contributed by atoms with E-state index in [0.29, 0.717) is 0 Å². The molecule has 0 unspecified atom stereocenters. The smallest absolute Gasteiger partial charge is 0.258 e. The monoisotopic (exact) mass is 341 g/mol. The second kappa shape index (κ2) is 8.06. The van der Waals surface area contributed by atoms with E-state index in [1.54, 1.807) is 7.11 Å². The van der Waals surface area contributed by atoms with Gasteiger partial charge in [-0.05, 0) is 51.8 Å². The Morgan fingerprint density at radius 1 is 1.04 bits per heavy atom. The van der Waals surface area contributed by atoms with Gasteiger partial charge in [-0.1, -0.05) is 35.4 Å². The van der Waals surface area contributed by atoms with Crippen molar-refractivity contribution in [1.29, 1.82) is 0 Å². The molecule has 25 heavy (non-hydrogen) atoms. The molecule has 4 nitrogen and oxygen atoms in total. The van der Waals surface area contributed by atoms with Crippen LogP contribution in [0.1, 0.15) is 40.8 Å². The largest absolute Gasteiger partial charge is 0.496 e. The van der Waals surface area contributed by atoms with Crippen molar-refractivity contribution in [3.05, 3.63) is 58.1 Å². The Bertz CT molecular complexity index is 745. The summed E-state index contributed by atoms with van der Waals surface area (Å²) < 4.78 is 11.2. The summed E-state index contributed by atoms with van der Waals surface area (Å²) in [4.78, 5) is 12.3. The molecule has 1 N–H and O–H groups in total. The molecule has 2 rings (SSSR count). The number of aryl methyl sites for hydroxylation is 4. The van der Waals surface area contributed by atoms with Crippen molar-refractivity contribution in [2.45, 2.75) is 40.7 Å². The molecule has 1 amide bonds. The molecule has 4 heteroatoms. The molecule has 0 spiro atoms. The minimum atomic E-state index is -0.161. The summed E-state index contributed by atoms with van der Waals surface area (Å²) in [7, 11) is 1.63. The van der Waals surface area contributed by atoms with E-state index in [9.17, 15) is 4.79 Å². The topological polar surface area (TPSA) is 47.6 Å². The lowest BCUT2D eigenvalue weighted by Gasteiger charge is -2.19. The second-order valence-corrected chi connectivity index (χ2v) is 6.55. The number of benzene rings is 2. The lowest BCUT2D eigenvalue weighted by molar-refractivity contribution is -0.123. The highest BCUT2D eigenvalue weighted by Crippen LogP contribution is 2.27. The highest BCUT2D eigenvalue weighted by Gasteiger charge is 2.15. The Labute approximate surface area is 150 Å². The lowest BCUT2D eigenvalue weighted by Crippen LogP contribution is -2.31. The van der Waals surface area contributed by atoms with Crippen molar-refractivity contribution in [3.8, 4) is 11.5 Å². The van der Waals surface area contributed by atoms with Gasteiger partial charge < -0.3 is 14.8 Å². The second-order valence-electron chi connectivity index (χ2n) is 6.55. The number of hydrogen-bond acceptors (Lipinski definition) is 3. The molecule has 2 aromatic rings. The molecule has 0 heterocycles. The zero-order chi connectivity index (χ0) is 18.6. The first kappa shape index (κ1) is 18.8. The summed E-state index contributed by atoms with van der Waals surface area (Å²) in [6, 6.07) is 9.89. The molecule has 2 aromatic carbocycles. The third-order valence-corrected chi connectivity index (χ3v) is 4.18. The van der Waals surface area contributed by atoms with Crippen molar-refractivity contribution in [2.75, 3.05) is 13.7 Å². The van der Waals surface area contributed by atoms with Crippen LogP contribution in [0.4, 0.5) is 0 Å². The van der Waals surface area contributed by atoms with Crippen molar-refractivity contribution in [1.82, 2.24) is 5.32 Å². The third kappa shape index (κ3) is 4.75. The Morgan fingerprint density at radius 3 is 2.28 bits per heavy atom. The van der Waals surface area contributed by atoms with Crippen molar-refractivity contribution >= 4 is 5.91 Å². The van der Waals surface area contributed by atoms with E-state index < -0.39 is 0 Å². The number of carbonyl (C=O) groups excluding carboxylic acids is 1. The predicted molar refractivity (Wildman–Crippen MR) is 100 cm³/mol. The maximum atomic E-state index is 12.3. The third-order valence-electron chi connectivity index (χ3n) is 4.18. The van der Waals surface area contributed by atoms with Crippen LogP contribution < -0.4 is 14.8 Å². The van der Waals surface area contributed by atoms with Crippen LogP contribution in [0.2, 0.25) is 0 Å². The summed E-state index contributed by atoms with van der Waals surface area (Å²) in [6.07, 6.45) is 0. The quantitative estimate of drug-likeness (QED) is 0.857. The molecule has 0 aliphatic carbocycles. The molecule has 0 aliphatic rings. The minimum Gasteiger partial charge on any atom is -0.496 e. The minimum absolute atomic E-state index is 0.0107. The first-order chi connectivity index (χ1) is 11.8. The number of amides is 1. The van der Waals surface area contributed by atoms with Gasteiger partial charge >= 0.3 is 0 Å². The summed E-state index contributed by atoms with van der Waals surface area (Å²) in [5.74, 6) is 1.39. The molecule has 0 radical (unpaired) electrons. The van der Waals surface area contributed by atoms with Gasteiger partial charge in [0.2, 0.25) is 0 Å². The van der Waals surface area contributed by atoms with Crippen LogP contribution in [0.3, 0.4) is 0 Å². The molecule has 0 saturated heterocycles. The number of nitrogens with one attached hydrogen (secondary N) is 1. The van der Waals surface area contributed by atoms with Gasteiger partial charge in [-0.25, -0.2) is 0 Å². The molecule has 1 atom stereocenters. The van der Waals surface area contributed by atoms with Crippen LogP contribution in [0.5, 0.6) is 11.5 Å². The van der Waals surface area contributed by atoms with Gasteiger partial charge in [0, 0.05) is 5.56 Å². The van der Waals surface area contributed by atoms with Gasteiger partial charge in [-0.3, -0.25) is 4.79 Å². The molecule has 0 aliphatic heterocycles. The van der Waals surface area contributed by atoms with Crippen LogP contribution in [-0.4, -0.2) is 19.6 Å². The average molecular weight is 341 g/mol. The van der Waals surface area contributed by atoms with Gasteiger partial charge in [-0.2, -0.15) is 0 Å². The van der Waals surface area contributed by atoms with E-state index in [0.717, 1.165) is 33.8 Å². The fourth-order valence-electron chi connectivity index (χ4n) is 3.09. The highest BCUT2D eigenvalue weighted by atomic mass is 16.5. The number of ether oxygens (including phenoxy) is 2. The summed E-state index contributed by atoms with van der Waals surface area (Å²) in [5.41, 5.74) is 5.35. The number of carbonyl (C=O) groups is 1. The van der Waals surface area contributed by atoms with E-state index in [4.69, 9.17) is 9.47 Å². The Balaban J connectivity index is 2.02. The molecular weight excluding hydrogens is 314 g/mol. The molecule has 0 saturated carbocycles. The van der Waals surface area contributed by atoms with Gasteiger partial charge in [0.15, 0.2) is 6.61 Å². The Kier molecular flexibility index (Phi) is 6.07. The molecule has 0 aromatic heterocycles. The molecule has 0 bridgehead atoms. The van der Waals surface area contributed by atoms with Crippen LogP contribution in [-0.2, 0) is 4.79 Å². The lowest BCUT2D eigenvalue weighted by atomic mass is 10.0. The Hall–Kier alpha value is -2.49. The fraction of sp³-hybridized carbons (Fsp3) is 0.381. The fourth-order valence-corrected chi connectivity index (χ4v) is 3.09. The molecular formula is C21H27NO3. The number of hydrogen-bond donors (Lipinski definition) is 1. The van der Waals surface area contributed by atoms with E-state index in [1.165, 1.54) is 5.56 Å². The standard InChI is InChI=1S/C21H27NO3/c1-13-7-8-19(24-6)18(11-13)17(5)22-20(23)12-25-21-15(3)9-14(2)10-16(21)4/h7-11,17H,12H2,1-6H3,(H,22,23)/t17-/m1/s1. The normalized spacial score (nSPS) is 11.8. The SMILES string of the molecule is COc1ccc(C)cc1[C@@H](C)NC(=O)COc1c(C)cc(C)cc1C. The van der Waals surface area contributed by atoms with Crippen molar-refractivity contribution in [2.24, 2.45) is 0 Å².